The Kier molecular flexibility index (Phi) is 4.99. The first-order valence-electron chi connectivity index (χ1n) is 5.14. The molecular formula is C11H11BrN2O5. The summed E-state index contributed by atoms with van der Waals surface area (Å²) in [5, 5.41) is 10.7. The van der Waals surface area contributed by atoms with Crippen LogP contribution in [0.15, 0.2) is 22.7 Å². The number of amides is 1. The summed E-state index contributed by atoms with van der Waals surface area (Å²) in [5.41, 5.74) is -0.227. The number of likely N-dealkylation sites (N-methyl/N-ethyl adjacent to an activating group) is 1. The highest BCUT2D eigenvalue weighted by Crippen LogP contribution is 2.25. The molecule has 1 amide bonds. The number of hydrogen-bond acceptors (Lipinski definition) is 5. The molecule has 8 heteroatoms. The Labute approximate surface area is 117 Å². The SMILES string of the molecule is CN(C)C(=O)COC(=O)c1ccc(Br)c([N+](=O)[O-])c1. The summed E-state index contributed by atoms with van der Waals surface area (Å²) < 4.78 is 5.02. The van der Waals surface area contributed by atoms with Gasteiger partial charge in [0.1, 0.15) is 0 Å². The average Bonchev–Trinajstić information content (AvgIpc) is 2.35. The summed E-state index contributed by atoms with van der Waals surface area (Å²) >= 11 is 3.01. The van der Waals surface area contributed by atoms with Crippen LogP contribution < -0.4 is 0 Å². The predicted molar refractivity (Wildman–Crippen MR) is 69.8 cm³/mol. The van der Waals surface area contributed by atoms with Crippen molar-refractivity contribution in [2.75, 3.05) is 20.7 Å². The summed E-state index contributed by atoms with van der Waals surface area (Å²) in [6.45, 7) is -0.407. The van der Waals surface area contributed by atoms with Gasteiger partial charge in [-0.2, -0.15) is 0 Å². The number of esters is 1. The molecule has 0 unspecified atom stereocenters. The molecule has 0 fully saturated rings. The molecule has 1 aromatic rings. The van der Waals surface area contributed by atoms with Gasteiger partial charge in [0.05, 0.1) is 15.0 Å². The van der Waals surface area contributed by atoms with Crippen molar-refractivity contribution in [1.82, 2.24) is 4.90 Å². The van der Waals surface area contributed by atoms with Gasteiger partial charge in [-0.25, -0.2) is 4.79 Å². The Hall–Kier alpha value is -1.96. The van der Waals surface area contributed by atoms with Crippen LogP contribution in [-0.2, 0) is 9.53 Å². The topological polar surface area (TPSA) is 89.8 Å². The van der Waals surface area contributed by atoms with E-state index in [2.05, 4.69) is 15.9 Å². The lowest BCUT2D eigenvalue weighted by atomic mass is 10.2. The fourth-order valence-electron chi connectivity index (χ4n) is 1.12. The second-order valence-corrected chi connectivity index (χ2v) is 4.64. The molecule has 1 aromatic carbocycles. The lowest BCUT2D eigenvalue weighted by Crippen LogP contribution is -2.27. The third-order valence-electron chi connectivity index (χ3n) is 2.20. The Morgan fingerprint density at radius 2 is 2.05 bits per heavy atom. The van der Waals surface area contributed by atoms with E-state index in [1.807, 2.05) is 0 Å². The number of nitro groups is 1. The van der Waals surface area contributed by atoms with Crippen LogP contribution in [-0.4, -0.2) is 42.4 Å². The molecule has 19 heavy (non-hydrogen) atoms. The first-order valence-corrected chi connectivity index (χ1v) is 5.93. The number of benzene rings is 1. The predicted octanol–water partition coefficient (Wildman–Crippen LogP) is 1.60. The number of nitro benzene ring substituents is 1. The molecule has 7 nitrogen and oxygen atoms in total. The molecule has 0 saturated heterocycles. The number of nitrogens with zero attached hydrogens (tertiary/aromatic N) is 2. The normalized spacial score (nSPS) is 9.84. The first kappa shape index (κ1) is 15.1. The highest BCUT2D eigenvalue weighted by molar-refractivity contribution is 9.10. The molecule has 0 bridgehead atoms. The second kappa shape index (κ2) is 6.28. The molecule has 1 rings (SSSR count). The number of carbonyl (C=O) groups is 2. The smallest absolute Gasteiger partial charge is 0.338 e. The van der Waals surface area contributed by atoms with E-state index >= 15 is 0 Å². The molecular weight excluding hydrogens is 320 g/mol. The monoisotopic (exact) mass is 330 g/mol. The maximum absolute atomic E-state index is 11.6. The van der Waals surface area contributed by atoms with Gasteiger partial charge in [-0.15, -0.1) is 0 Å². The van der Waals surface area contributed by atoms with Crippen LogP contribution in [0.1, 0.15) is 10.4 Å². The van der Waals surface area contributed by atoms with Crippen molar-refractivity contribution in [3.8, 4) is 0 Å². The molecule has 0 aliphatic heterocycles. The van der Waals surface area contributed by atoms with Crippen LogP contribution in [0.4, 0.5) is 5.69 Å². The van der Waals surface area contributed by atoms with Crippen LogP contribution in [0.5, 0.6) is 0 Å². The van der Waals surface area contributed by atoms with Gasteiger partial charge in [-0.3, -0.25) is 14.9 Å². The molecule has 0 heterocycles. The summed E-state index contributed by atoms with van der Waals surface area (Å²) in [6.07, 6.45) is 0. The molecule has 0 aromatic heterocycles. The fraction of sp³-hybridized carbons (Fsp3) is 0.273. The van der Waals surface area contributed by atoms with E-state index in [4.69, 9.17) is 4.74 Å². The molecule has 0 radical (unpaired) electrons. The van der Waals surface area contributed by atoms with Gasteiger partial charge in [0, 0.05) is 20.2 Å². The van der Waals surface area contributed by atoms with Gasteiger partial charge in [-0.1, -0.05) is 0 Å². The van der Waals surface area contributed by atoms with Gasteiger partial charge >= 0.3 is 5.97 Å². The van der Waals surface area contributed by atoms with Gasteiger partial charge in [-0.05, 0) is 28.1 Å². The van der Waals surface area contributed by atoms with Crippen LogP contribution in [0.25, 0.3) is 0 Å². The van der Waals surface area contributed by atoms with E-state index in [-0.39, 0.29) is 21.6 Å². The zero-order chi connectivity index (χ0) is 14.6. The molecule has 102 valence electrons. The van der Waals surface area contributed by atoms with Crippen molar-refractivity contribution in [1.29, 1.82) is 0 Å². The lowest BCUT2D eigenvalue weighted by Gasteiger charge is -2.10. The fourth-order valence-corrected chi connectivity index (χ4v) is 1.51. The van der Waals surface area contributed by atoms with E-state index in [0.29, 0.717) is 0 Å². The molecule has 0 spiro atoms. The van der Waals surface area contributed by atoms with Crippen LogP contribution >= 0.6 is 15.9 Å². The van der Waals surface area contributed by atoms with Gasteiger partial charge < -0.3 is 9.64 Å². The zero-order valence-corrected chi connectivity index (χ0v) is 11.8. The largest absolute Gasteiger partial charge is 0.452 e. The van der Waals surface area contributed by atoms with Gasteiger partial charge in [0.2, 0.25) is 0 Å². The van der Waals surface area contributed by atoms with E-state index in [0.717, 1.165) is 6.07 Å². The summed E-state index contributed by atoms with van der Waals surface area (Å²) in [7, 11) is 3.06. The van der Waals surface area contributed by atoms with Crippen molar-refractivity contribution in [2.45, 2.75) is 0 Å². The number of halogens is 1. The highest BCUT2D eigenvalue weighted by atomic mass is 79.9. The molecule has 0 N–H and O–H groups in total. The van der Waals surface area contributed by atoms with E-state index in [1.165, 1.54) is 31.1 Å². The molecule has 0 saturated carbocycles. The second-order valence-electron chi connectivity index (χ2n) is 3.79. The number of ether oxygens (including phenoxy) is 1. The maximum Gasteiger partial charge on any atom is 0.338 e. The summed E-state index contributed by atoms with van der Waals surface area (Å²) in [6, 6.07) is 3.84. The standard InChI is InChI=1S/C11H11BrN2O5/c1-13(2)10(15)6-19-11(16)7-3-4-8(12)9(5-7)14(17)18/h3-5H,6H2,1-2H3. The lowest BCUT2D eigenvalue weighted by molar-refractivity contribution is -0.385. The van der Waals surface area contributed by atoms with Crippen molar-refractivity contribution >= 4 is 33.5 Å². The van der Waals surface area contributed by atoms with Crippen LogP contribution in [0.2, 0.25) is 0 Å². The Balaban J connectivity index is 2.81. The molecule has 0 atom stereocenters. The number of rotatable bonds is 4. The van der Waals surface area contributed by atoms with Crippen molar-refractivity contribution in [3.63, 3.8) is 0 Å². The number of carbonyl (C=O) groups excluding carboxylic acids is 2. The summed E-state index contributed by atoms with van der Waals surface area (Å²) in [5.74, 6) is -1.16. The van der Waals surface area contributed by atoms with E-state index in [1.54, 1.807) is 0 Å². The number of hydrogen-bond donors (Lipinski definition) is 0. The van der Waals surface area contributed by atoms with E-state index < -0.39 is 17.5 Å². The first-order chi connectivity index (χ1) is 8.82. The third-order valence-corrected chi connectivity index (χ3v) is 2.87. The third kappa shape index (κ3) is 4.02. The average molecular weight is 331 g/mol. The molecule has 0 aliphatic rings. The van der Waals surface area contributed by atoms with Crippen LogP contribution in [0, 0.1) is 10.1 Å². The highest BCUT2D eigenvalue weighted by Gasteiger charge is 2.17. The van der Waals surface area contributed by atoms with Crippen molar-refractivity contribution in [2.24, 2.45) is 0 Å². The summed E-state index contributed by atoms with van der Waals surface area (Å²) in [4.78, 5) is 34.2. The molecule has 0 aliphatic carbocycles. The van der Waals surface area contributed by atoms with Crippen LogP contribution in [0.3, 0.4) is 0 Å². The minimum atomic E-state index is -0.786. The minimum absolute atomic E-state index is 0.0152. The Bertz CT molecular complexity index is 530. The van der Waals surface area contributed by atoms with Gasteiger partial charge in [0.25, 0.3) is 11.6 Å². The Morgan fingerprint density at radius 3 is 2.58 bits per heavy atom. The van der Waals surface area contributed by atoms with Gasteiger partial charge in [0.15, 0.2) is 6.61 Å². The van der Waals surface area contributed by atoms with Crippen molar-refractivity contribution in [3.05, 3.63) is 38.3 Å². The zero-order valence-electron chi connectivity index (χ0n) is 10.3. The van der Waals surface area contributed by atoms with Crippen molar-refractivity contribution < 1.29 is 19.2 Å². The van der Waals surface area contributed by atoms with E-state index in [9.17, 15) is 19.7 Å². The Morgan fingerprint density at radius 1 is 1.42 bits per heavy atom. The quantitative estimate of drug-likeness (QED) is 0.475. The minimum Gasteiger partial charge on any atom is -0.452 e. The maximum atomic E-state index is 11.6.